The summed E-state index contributed by atoms with van der Waals surface area (Å²) in [6.45, 7) is 2.76. The molecule has 0 bridgehead atoms. The first kappa shape index (κ1) is 15.0. The van der Waals surface area contributed by atoms with Gasteiger partial charge in [-0.1, -0.05) is 19.8 Å². The molecule has 0 fully saturated rings. The van der Waals surface area contributed by atoms with E-state index in [2.05, 4.69) is 22.9 Å². The van der Waals surface area contributed by atoms with Crippen LogP contribution >= 0.6 is 15.9 Å². The lowest BCUT2D eigenvalue weighted by Gasteiger charge is -2.18. The lowest BCUT2D eigenvalue weighted by molar-refractivity contribution is 0.0793. The topological polar surface area (TPSA) is 46.3 Å². The van der Waals surface area contributed by atoms with Gasteiger partial charge in [-0.3, -0.25) is 4.79 Å². The highest BCUT2D eigenvalue weighted by Gasteiger charge is 2.16. The second-order valence-corrected chi connectivity index (χ2v) is 5.14. The fraction of sp³-hybridized carbons (Fsp3) is 0.462. The zero-order valence-electron chi connectivity index (χ0n) is 10.7. The molecular formula is C13H18BrFN2O. The van der Waals surface area contributed by atoms with Crippen molar-refractivity contribution >= 4 is 27.5 Å². The number of nitrogens with zero attached hydrogens (tertiary/aromatic N) is 1. The zero-order chi connectivity index (χ0) is 13.7. The van der Waals surface area contributed by atoms with E-state index in [1.807, 2.05) is 0 Å². The van der Waals surface area contributed by atoms with Gasteiger partial charge in [-0.25, -0.2) is 4.39 Å². The van der Waals surface area contributed by atoms with E-state index < -0.39 is 5.82 Å². The molecule has 1 aromatic carbocycles. The average molecular weight is 317 g/mol. The minimum absolute atomic E-state index is 0.217. The number of anilines is 1. The van der Waals surface area contributed by atoms with E-state index in [9.17, 15) is 9.18 Å². The van der Waals surface area contributed by atoms with Gasteiger partial charge >= 0.3 is 0 Å². The quantitative estimate of drug-likeness (QED) is 0.668. The maximum absolute atomic E-state index is 13.4. The molecule has 0 atom stereocenters. The van der Waals surface area contributed by atoms with Crippen LogP contribution in [0.25, 0.3) is 0 Å². The third kappa shape index (κ3) is 3.70. The van der Waals surface area contributed by atoms with Crippen molar-refractivity contribution in [2.45, 2.75) is 26.2 Å². The monoisotopic (exact) mass is 316 g/mol. The van der Waals surface area contributed by atoms with Crippen LogP contribution in [-0.2, 0) is 0 Å². The van der Waals surface area contributed by atoms with Crippen molar-refractivity contribution in [3.63, 3.8) is 0 Å². The molecule has 3 nitrogen and oxygen atoms in total. The Morgan fingerprint density at radius 2 is 2.11 bits per heavy atom. The summed E-state index contributed by atoms with van der Waals surface area (Å²) in [5.41, 5.74) is 6.24. The molecule has 0 radical (unpaired) electrons. The molecule has 18 heavy (non-hydrogen) atoms. The second kappa shape index (κ2) is 6.73. The van der Waals surface area contributed by atoms with Crippen LogP contribution in [0.2, 0.25) is 0 Å². The number of rotatable bonds is 5. The number of benzene rings is 1. The number of carbonyl (C=O) groups excluding carboxylic acids is 1. The van der Waals surface area contributed by atoms with Crippen LogP contribution in [0.4, 0.5) is 10.1 Å². The Kier molecular flexibility index (Phi) is 5.59. The number of nitrogens with two attached hydrogens (primary N) is 1. The Bertz CT molecular complexity index is 437. The van der Waals surface area contributed by atoms with E-state index >= 15 is 0 Å². The highest BCUT2D eigenvalue weighted by molar-refractivity contribution is 9.10. The molecule has 2 N–H and O–H groups in total. The summed E-state index contributed by atoms with van der Waals surface area (Å²) in [6.07, 6.45) is 3.11. The minimum Gasteiger partial charge on any atom is -0.398 e. The average Bonchev–Trinajstić information content (AvgIpc) is 2.33. The summed E-state index contributed by atoms with van der Waals surface area (Å²) >= 11 is 3.04. The van der Waals surface area contributed by atoms with Crippen molar-refractivity contribution < 1.29 is 9.18 Å². The van der Waals surface area contributed by atoms with Crippen molar-refractivity contribution in [3.05, 3.63) is 28.0 Å². The summed E-state index contributed by atoms with van der Waals surface area (Å²) < 4.78 is 13.7. The molecule has 0 heterocycles. The second-order valence-electron chi connectivity index (χ2n) is 4.29. The van der Waals surface area contributed by atoms with Crippen LogP contribution in [0.15, 0.2) is 16.6 Å². The summed E-state index contributed by atoms with van der Waals surface area (Å²) in [6, 6.07) is 2.60. The predicted molar refractivity (Wildman–Crippen MR) is 75.0 cm³/mol. The largest absolute Gasteiger partial charge is 0.398 e. The van der Waals surface area contributed by atoms with Gasteiger partial charge in [0.1, 0.15) is 5.82 Å². The van der Waals surface area contributed by atoms with Gasteiger partial charge in [0.15, 0.2) is 0 Å². The molecule has 0 aliphatic carbocycles. The summed E-state index contributed by atoms with van der Waals surface area (Å²) in [4.78, 5) is 13.7. The SMILES string of the molecule is CCCCCN(C)C(=O)c1cc(F)c(Br)cc1N. The number of hydrogen-bond acceptors (Lipinski definition) is 2. The molecule has 0 unspecified atom stereocenters. The Morgan fingerprint density at radius 1 is 1.44 bits per heavy atom. The number of hydrogen-bond donors (Lipinski definition) is 1. The fourth-order valence-electron chi connectivity index (χ4n) is 1.65. The van der Waals surface area contributed by atoms with E-state index in [-0.39, 0.29) is 21.6 Å². The molecule has 1 amide bonds. The van der Waals surface area contributed by atoms with E-state index in [4.69, 9.17) is 5.73 Å². The number of unbranched alkanes of at least 4 members (excludes halogenated alkanes) is 2. The standard InChI is InChI=1S/C13H18BrFN2O/c1-3-4-5-6-17(2)13(18)9-7-11(15)10(14)8-12(9)16/h7-8H,3-6,16H2,1-2H3. The van der Waals surface area contributed by atoms with Gasteiger partial charge in [-0.15, -0.1) is 0 Å². The van der Waals surface area contributed by atoms with E-state index in [0.717, 1.165) is 19.3 Å². The van der Waals surface area contributed by atoms with Gasteiger partial charge in [0, 0.05) is 19.3 Å². The van der Waals surface area contributed by atoms with Gasteiger partial charge in [0.2, 0.25) is 0 Å². The van der Waals surface area contributed by atoms with Crippen LogP contribution in [0.3, 0.4) is 0 Å². The van der Waals surface area contributed by atoms with E-state index in [1.165, 1.54) is 12.1 Å². The third-order valence-corrected chi connectivity index (χ3v) is 3.37. The Labute approximate surface area is 115 Å². The van der Waals surface area contributed by atoms with Gasteiger partial charge in [-0.05, 0) is 34.5 Å². The number of carbonyl (C=O) groups is 1. The maximum atomic E-state index is 13.4. The van der Waals surface area contributed by atoms with Crippen molar-refractivity contribution in [2.75, 3.05) is 19.3 Å². The van der Waals surface area contributed by atoms with E-state index in [1.54, 1.807) is 11.9 Å². The lowest BCUT2D eigenvalue weighted by Crippen LogP contribution is -2.28. The molecule has 0 aromatic heterocycles. The first-order valence-electron chi connectivity index (χ1n) is 5.97. The highest BCUT2D eigenvalue weighted by atomic mass is 79.9. The van der Waals surface area contributed by atoms with Crippen LogP contribution < -0.4 is 5.73 Å². The molecule has 0 spiro atoms. The zero-order valence-corrected chi connectivity index (χ0v) is 12.3. The molecule has 0 aliphatic rings. The first-order valence-corrected chi connectivity index (χ1v) is 6.76. The number of nitrogen functional groups attached to an aromatic ring is 1. The third-order valence-electron chi connectivity index (χ3n) is 2.77. The van der Waals surface area contributed by atoms with Crippen LogP contribution in [0.1, 0.15) is 36.5 Å². The highest BCUT2D eigenvalue weighted by Crippen LogP contribution is 2.23. The molecule has 100 valence electrons. The molecule has 0 saturated heterocycles. The van der Waals surface area contributed by atoms with Crippen molar-refractivity contribution in [3.8, 4) is 0 Å². The maximum Gasteiger partial charge on any atom is 0.255 e. The molecule has 5 heteroatoms. The van der Waals surface area contributed by atoms with Gasteiger partial charge in [0.05, 0.1) is 10.0 Å². The number of amides is 1. The smallest absolute Gasteiger partial charge is 0.255 e. The lowest BCUT2D eigenvalue weighted by atomic mass is 10.1. The van der Waals surface area contributed by atoms with Gasteiger partial charge in [-0.2, -0.15) is 0 Å². The molecule has 1 rings (SSSR count). The molecule has 1 aromatic rings. The first-order chi connectivity index (χ1) is 8.47. The van der Waals surface area contributed by atoms with Gasteiger partial charge < -0.3 is 10.6 Å². The van der Waals surface area contributed by atoms with Crippen molar-refractivity contribution in [2.24, 2.45) is 0 Å². The van der Waals surface area contributed by atoms with E-state index in [0.29, 0.717) is 6.54 Å². The van der Waals surface area contributed by atoms with Crippen LogP contribution in [0.5, 0.6) is 0 Å². The van der Waals surface area contributed by atoms with Crippen molar-refractivity contribution in [1.82, 2.24) is 4.90 Å². The summed E-state index contributed by atoms with van der Waals surface area (Å²) in [5, 5.41) is 0. The molecule has 0 saturated carbocycles. The van der Waals surface area contributed by atoms with Crippen LogP contribution in [0, 0.1) is 5.82 Å². The number of halogens is 2. The van der Waals surface area contributed by atoms with Gasteiger partial charge in [0.25, 0.3) is 5.91 Å². The molecular weight excluding hydrogens is 299 g/mol. The summed E-state index contributed by atoms with van der Waals surface area (Å²) in [7, 11) is 1.71. The molecule has 0 aliphatic heterocycles. The van der Waals surface area contributed by atoms with Crippen molar-refractivity contribution in [1.29, 1.82) is 0 Å². The Balaban J connectivity index is 2.80. The fourth-order valence-corrected chi connectivity index (χ4v) is 2.01. The Morgan fingerprint density at radius 3 is 2.72 bits per heavy atom. The minimum atomic E-state index is -0.477. The van der Waals surface area contributed by atoms with Crippen LogP contribution in [-0.4, -0.2) is 24.4 Å². The summed E-state index contributed by atoms with van der Waals surface area (Å²) in [5.74, 6) is -0.718. The normalized spacial score (nSPS) is 10.4. The Hall–Kier alpha value is -1.10. The predicted octanol–water partition coefficient (Wildman–Crippen LogP) is 3.43.